The van der Waals surface area contributed by atoms with Gasteiger partial charge in [-0.3, -0.25) is 9.69 Å². The van der Waals surface area contributed by atoms with Gasteiger partial charge in [0.25, 0.3) is 0 Å². The minimum atomic E-state index is -1.08. The van der Waals surface area contributed by atoms with E-state index in [9.17, 15) is 9.59 Å². The number of nitrogens with one attached hydrogen (secondary N) is 1. The lowest BCUT2D eigenvalue weighted by Crippen LogP contribution is -2.35. The number of carbonyl (C=O) groups excluding carboxylic acids is 1. The van der Waals surface area contributed by atoms with E-state index in [4.69, 9.17) is 9.52 Å². The SMILES string of the molecule is CCN(CC(=O)NC)Cc1ccc2oc(C(=O)O)cc2c1. The first-order valence-corrected chi connectivity index (χ1v) is 6.72. The highest BCUT2D eigenvalue weighted by molar-refractivity contribution is 5.91. The number of rotatable bonds is 6. The highest BCUT2D eigenvalue weighted by atomic mass is 16.4. The Kier molecular flexibility index (Phi) is 4.59. The van der Waals surface area contributed by atoms with Crippen molar-refractivity contribution in [3.63, 3.8) is 0 Å². The lowest BCUT2D eigenvalue weighted by molar-refractivity contribution is -0.121. The van der Waals surface area contributed by atoms with Crippen molar-refractivity contribution in [2.75, 3.05) is 20.1 Å². The van der Waals surface area contributed by atoms with Crippen LogP contribution in [0.15, 0.2) is 28.7 Å². The molecule has 2 rings (SSSR count). The highest BCUT2D eigenvalue weighted by Gasteiger charge is 2.12. The average Bonchev–Trinajstić information content (AvgIpc) is 2.89. The summed E-state index contributed by atoms with van der Waals surface area (Å²) in [6.45, 7) is 3.68. The fourth-order valence-electron chi connectivity index (χ4n) is 2.12. The van der Waals surface area contributed by atoms with Crippen LogP contribution in [0.25, 0.3) is 11.0 Å². The van der Waals surface area contributed by atoms with Crippen LogP contribution in [-0.2, 0) is 11.3 Å². The van der Waals surface area contributed by atoms with Crippen LogP contribution in [0.5, 0.6) is 0 Å². The molecule has 0 spiro atoms. The molecular weight excluding hydrogens is 272 g/mol. The van der Waals surface area contributed by atoms with Gasteiger partial charge in [0.15, 0.2) is 0 Å². The fourth-order valence-corrected chi connectivity index (χ4v) is 2.12. The Balaban J connectivity index is 2.17. The second-order valence-electron chi connectivity index (χ2n) is 4.76. The topological polar surface area (TPSA) is 82.8 Å². The molecule has 0 aliphatic rings. The first-order chi connectivity index (χ1) is 10.0. The zero-order chi connectivity index (χ0) is 15.4. The first kappa shape index (κ1) is 15.1. The maximum absolute atomic E-state index is 11.4. The number of nitrogens with zero attached hydrogens (tertiary/aromatic N) is 1. The molecule has 0 aliphatic heterocycles. The van der Waals surface area contributed by atoms with Crippen LogP contribution in [0.2, 0.25) is 0 Å². The molecule has 1 aromatic heterocycles. The summed E-state index contributed by atoms with van der Waals surface area (Å²) in [5, 5.41) is 12.3. The minimum absolute atomic E-state index is 0.0330. The van der Waals surface area contributed by atoms with Gasteiger partial charge in [0.1, 0.15) is 5.58 Å². The summed E-state index contributed by atoms with van der Waals surface area (Å²) in [5.41, 5.74) is 1.55. The van der Waals surface area contributed by atoms with Crippen LogP contribution < -0.4 is 5.32 Å². The van der Waals surface area contributed by atoms with Crippen molar-refractivity contribution >= 4 is 22.8 Å². The molecule has 6 nitrogen and oxygen atoms in total. The number of hydrogen-bond acceptors (Lipinski definition) is 4. The summed E-state index contributed by atoms with van der Waals surface area (Å²) >= 11 is 0. The van der Waals surface area contributed by atoms with Crippen molar-refractivity contribution < 1.29 is 19.1 Å². The second kappa shape index (κ2) is 6.41. The first-order valence-electron chi connectivity index (χ1n) is 6.72. The van der Waals surface area contributed by atoms with Crippen LogP contribution in [0.4, 0.5) is 0 Å². The molecule has 1 heterocycles. The lowest BCUT2D eigenvalue weighted by atomic mass is 10.1. The largest absolute Gasteiger partial charge is 0.475 e. The van der Waals surface area contributed by atoms with Gasteiger partial charge in [-0.05, 0) is 30.3 Å². The van der Waals surface area contributed by atoms with E-state index < -0.39 is 5.97 Å². The highest BCUT2D eigenvalue weighted by Crippen LogP contribution is 2.21. The molecular formula is C15H18N2O4. The van der Waals surface area contributed by atoms with Crippen LogP contribution in [-0.4, -0.2) is 42.0 Å². The van der Waals surface area contributed by atoms with Gasteiger partial charge in [-0.15, -0.1) is 0 Å². The standard InChI is InChI=1S/C15H18N2O4/c1-3-17(9-14(18)16-2)8-10-4-5-12-11(6-10)7-13(21-12)15(19)20/h4-7H,3,8-9H2,1-2H3,(H,16,18)(H,19,20). The molecule has 21 heavy (non-hydrogen) atoms. The van der Waals surface area contributed by atoms with E-state index in [1.807, 2.05) is 24.0 Å². The van der Waals surface area contributed by atoms with Crippen LogP contribution in [0, 0.1) is 0 Å². The van der Waals surface area contributed by atoms with E-state index >= 15 is 0 Å². The maximum atomic E-state index is 11.4. The summed E-state index contributed by atoms with van der Waals surface area (Å²) in [4.78, 5) is 24.3. The van der Waals surface area contributed by atoms with Gasteiger partial charge in [0.2, 0.25) is 11.7 Å². The third-order valence-electron chi connectivity index (χ3n) is 3.29. The lowest BCUT2D eigenvalue weighted by Gasteiger charge is -2.19. The Morgan fingerprint density at radius 1 is 1.33 bits per heavy atom. The van der Waals surface area contributed by atoms with Crippen LogP contribution in [0.3, 0.4) is 0 Å². The molecule has 2 N–H and O–H groups in total. The second-order valence-corrected chi connectivity index (χ2v) is 4.76. The van der Waals surface area contributed by atoms with Crippen LogP contribution in [0.1, 0.15) is 23.0 Å². The molecule has 0 aliphatic carbocycles. The number of amides is 1. The number of aromatic carboxylic acids is 1. The number of carboxylic acids is 1. The number of carboxylic acid groups (broad SMARTS) is 1. The quantitative estimate of drug-likeness (QED) is 0.846. The van der Waals surface area contributed by atoms with Gasteiger partial charge < -0.3 is 14.8 Å². The zero-order valence-corrected chi connectivity index (χ0v) is 12.0. The number of furan rings is 1. The third-order valence-corrected chi connectivity index (χ3v) is 3.29. The van der Waals surface area contributed by atoms with Gasteiger partial charge in [0, 0.05) is 19.0 Å². The molecule has 2 aromatic rings. The number of fused-ring (bicyclic) bond motifs is 1. The molecule has 1 aromatic carbocycles. The molecule has 0 atom stereocenters. The summed E-state index contributed by atoms with van der Waals surface area (Å²) in [6.07, 6.45) is 0. The Hall–Kier alpha value is -2.34. The van der Waals surface area contributed by atoms with Gasteiger partial charge >= 0.3 is 5.97 Å². The predicted molar refractivity (Wildman–Crippen MR) is 78.2 cm³/mol. The van der Waals surface area contributed by atoms with E-state index in [1.165, 1.54) is 6.07 Å². The van der Waals surface area contributed by atoms with Crippen molar-refractivity contribution in [1.82, 2.24) is 10.2 Å². The van der Waals surface area contributed by atoms with Gasteiger partial charge in [-0.1, -0.05) is 13.0 Å². The smallest absolute Gasteiger partial charge is 0.371 e. The van der Waals surface area contributed by atoms with E-state index in [-0.39, 0.29) is 11.7 Å². The third kappa shape index (κ3) is 3.61. The van der Waals surface area contributed by atoms with Crippen molar-refractivity contribution in [3.05, 3.63) is 35.6 Å². The zero-order valence-electron chi connectivity index (χ0n) is 12.0. The summed E-state index contributed by atoms with van der Waals surface area (Å²) in [6, 6.07) is 7.03. The van der Waals surface area contributed by atoms with E-state index in [0.717, 1.165) is 17.5 Å². The van der Waals surface area contributed by atoms with Gasteiger partial charge in [-0.2, -0.15) is 0 Å². The molecule has 112 valence electrons. The number of likely N-dealkylation sites (N-methyl/N-ethyl adjacent to an activating group) is 2. The molecule has 1 amide bonds. The van der Waals surface area contributed by atoms with Crippen molar-refractivity contribution in [2.24, 2.45) is 0 Å². The summed E-state index contributed by atoms with van der Waals surface area (Å²) < 4.78 is 5.22. The molecule has 0 radical (unpaired) electrons. The Labute approximate surface area is 122 Å². The Bertz CT molecular complexity index is 663. The minimum Gasteiger partial charge on any atom is -0.475 e. The molecule has 0 fully saturated rings. The Morgan fingerprint density at radius 3 is 2.71 bits per heavy atom. The molecule has 0 saturated heterocycles. The van der Waals surface area contributed by atoms with Gasteiger partial charge in [-0.25, -0.2) is 4.79 Å². The van der Waals surface area contributed by atoms with E-state index in [1.54, 1.807) is 13.1 Å². The summed E-state index contributed by atoms with van der Waals surface area (Å²) in [5.74, 6) is -1.18. The van der Waals surface area contributed by atoms with E-state index in [0.29, 0.717) is 18.7 Å². The van der Waals surface area contributed by atoms with Gasteiger partial charge in [0.05, 0.1) is 6.54 Å². The number of benzene rings is 1. The molecule has 6 heteroatoms. The summed E-state index contributed by atoms with van der Waals surface area (Å²) in [7, 11) is 1.61. The monoisotopic (exact) mass is 290 g/mol. The maximum Gasteiger partial charge on any atom is 0.371 e. The molecule has 0 saturated carbocycles. The molecule has 0 unspecified atom stereocenters. The average molecular weight is 290 g/mol. The van der Waals surface area contributed by atoms with Crippen LogP contribution >= 0.6 is 0 Å². The van der Waals surface area contributed by atoms with Crippen molar-refractivity contribution in [2.45, 2.75) is 13.5 Å². The van der Waals surface area contributed by atoms with E-state index in [2.05, 4.69) is 5.32 Å². The predicted octanol–water partition coefficient (Wildman–Crippen LogP) is 1.70. The number of hydrogen-bond donors (Lipinski definition) is 2. The van der Waals surface area contributed by atoms with Crippen molar-refractivity contribution in [3.8, 4) is 0 Å². The molecule has 0 bridgehead atoms. The Morgan fingerprint density at radius 2 is 2.10 bits per heavy atom. The number of carbonyl (C=O) groups is 2. The van der Waals surface area contributed by atoms with Crippen molar-refractivity contribution in [1.29, 1.82) is 0 Å². The normalized spacial score (nSPS) is 11.0. The fraction of sp³-hybridized carbons (Fsp3) is 0.333.